The van der Waals surface area contributed by atoms with Crippen LogP contribution in [0.25, 0.3) is 0 Å². The fourth-order valence-electron chi connectivity index (χ4n) is 3.30. The van der Waals surface area contributed by atoms with Crippen LogP contribution in [-0.2, 0) is 16.1 Å². The van der Waals surface area contributed by atoms with E-state index in [9.17, 15) is 4.79 Å². The van der Waals surface area contributed by atoms with Gasteiger partial charge in [0.15, 0.2) is 5.96 Å². The molecule has 150 valence electrons. The van der Waals surface area contributed by atoms with Crippen LogP contribution in [0.3, 0.4) is 0 Å². The van der Waals surface area contributed by atoms with Crippen LogP contribution in [0.5, 0.6) is 0 Å². The first kappa shape index (κ1) is 21.2. The molecule has 0 saturated heterocycles. The molecule has 0 unspecified atom stereocenters. The molecule has 1 aliphatic rings. The molecule has 0 aromatic heterocycles. The Labute approximate surface area is 163 Å². The predicted molar refractivity (Wildman–Crippen MR) is 111 cm³/mol. The van der Waals surface area contributed by atoms with Crippen molar-refractivity contribution < 1.29 is 9.53 Å². The number of hydrogen-bond acceptors (Lipinski definition) is 3. The van der Waals surface area contributed by atoms with E-state index in [1.165, 1.54) is 19.3 Å². The first-order valence-corrected chi connectivity index (χ1v) is 10.1. The Morgan fingerprint density at radius 3 is 2.78 bits per heavy atom. The normalized spacial score (nSPS) is 15.4. The largest absolute Gasteiger partial charge is 0.382 e. The Balaban J connectivity index is 1.77. The summed E-state index contributed by atoms with van der Waals surface area (Å²) in [5.41, 5.74) is 1.97. The van der Waals surface area contributed by atoms with E-state index in [2.05, 4.69) is 20.9 Å². The summed E-state index contributed by atoms with van der Waals surface area (Å²) in [7, 11) is 1.76. The lowest BCUT2D eigenvalue weighted by atomic mass is 9.88. The van der Waals surface area contributed by atoms with Crippen molar-refractivity contribution in [2.75, 3.05) is 32.1 Å². The molecule has 1 aliphatic carbocycles. The van der Waals surface area contributed by atoms with Crippen molar-refractivity contribution in [1.82, 2.24) is 10.6 Å². The molecule has 0 bridgehead atoms. The summed E-state index contributed by atoms with van der Waals surface area (Å²) in [4.78, 5) is 16.7. The molecule has 0 spiro atoms. The van der Waals surface area contributed by atoms with Crippen LogP contribution in [0.4, 0.5) is 5.69 Å². The minimum atomic E-state index is 0.159. The van der Waals surface area contributed by atoms with E-state index in [1.807, 2.05) is 31.2 Å². The van der Waals surface area contributed by atoms with Crippen molar-refractivity contribution in [1.29, 1.82) is 0 Å². The van der Waals surface area contributed by atoms with Gasteiger partial charge >= 0.3 is 0 Å². The number of carbonyl (C=O) groups is 1. The molecule has 0 heterocycles. The highest BCUT2D eigenvalue weighted by atomic mass is 16.5. The third-order valence-corrected chi connectivity index (χ3v) is 4.82. The van der Waals surface area contributed by atoms with Crippen molar-refractivity contribution in [3.05, 3.63) is 29.8 Å². The Morgan fingerprint density at radius 2 is 2.04 bits per heavy atom. The van der Waals surface area contributed by atoms with Crippen LogP contribution in [0.1, 0.15) is 51.0 Å². The zero-order valence-corrected chi connectivity index (χ0v) is 16.7. The average Bonchev–Trinajstić information content (AvgIpc) is 2.71. The van der Waals surface area contributed by atoms with Crippen molar-refractivity contribution in [3.63, 3.8) is 0 Å². The molecule has 27 heavy (non-hydrogen) atoms. The van der Waals surface area contributed by atoms with Gasteiger partial charge < -0.3 is 20.7 Å². The Hall–Kier alpha value is -2.08. The van der Waals surface area contributed by atoms with Crippen LogP contribution < -0.4 is 16.0 Å². The molecule has 0 atom stereocenters. The maximum absolute atomic E-state index is 12.4. The summed E-state index contributed by atoms with van der Waals surface area (Å²) < 4.78 is 5.33. The molecular weight excluding hydrogens is 340 g/mol. The highest BCUT2D eigenvalue weighted by Gasteiger charge is 2.20. The zero-order valence-electron chi connectivity index (χ0n) is 16.7. The third kappa shape index (κ3) is 7.99. The number of amides is 1. The fourth-order valence-corrected chi connectivity index (χ4v) is 3.30. The lowest BCUT2D eigenvalue weighted by molar-refractivity contribution is -0.120. The van der Waals surface area contributed by atoms with E-state index in [0.717, 1.165) is 56.2 Å². The van der Waals surface area contributed by atoms with Gasteiger partial charge in [0.05, 0.1) is 0 Å². The first-order valence-electron chi connectivity index (χ1n) is 10.1. The molecule has 1 fully saturated rings. The third-order valence-electron chi connectivity index (χ3n) is 4.82. The number of hydrogen-bond donors (Lipinski definition) is 3. The fraction of sp³-hybridized carbons (Fsp3) is 0.619. The summed E-state index contributed by atoms with van der Waals surface area (Å²) in [6.45, 7) is 4.97. The quantitative estimate of drug-likeness (QED) is 0.352. The van der Waals surface area contributed by atoms with Crippen LogP contribution >= 0.6 is 0 Å². The van der Waals surface area contributed by atoms with Gasteiger partial charge in [0.2, 0.25) is 5.91 Å². The van der Waals surface area contributed by atoms with Gasteiger partial charge in [0.1, 0.15) is 0 Å². The van der Waals surface area contributed by atoms with Crippen LogP contribution in [-0.4, -0.2) is 38.7 Å². The van der Waals surface area contributed by atoms with E-state index in [1.54, 1.807) is 7.05 Å². The van der Waals surface area contributed by atoms with E-state index in [0.29, 0.717) is 6.54 Å². The van der Waals surface area contributed by atoms with Gasteiger partial charge in [0.25, 0.3) is 0 Å². The van der Waals surface area contributed by atoms with Crippen LogP contribution in [0.2, 0.25) is 0 Å². The number of guanidine groups is 1. The molecule has 0 aliphatic heterocycles. The number of ether oxygens (including phenoxy) is 1. The van der Waals surface area contributed by atoms with Crippen LogP contribution in [0.15, 0.2) is 29.3 Å². The van der Waals surface area contributed by atoms with Crippen molar-refractivity contribution in [2.24, 2.45) is 10.9 Å². The molecule has 0 radical (unpaired) electrons. The Bertz CT molecular complexity index is 598. The molecule has 2 rings (SSSR count). The maximum Gasteiger partial charge on any atom is 0.227 e. The zero-order chi connectivity index (χ0) is 19.3. The van der Waals surface area contributed by atoms with Gasteiger partial charge in [-0.05, 0) is 43.9 Å². The van der Waals surface area contributed by atoms with E-state index in [4.69, 9.17) is 4.74 Å². The van der Waals surface area contributed by atoms with Gasteiger partial charge in [-0.3, -0.25) is 9.79 Å². The molecule has 6 nitrogen and oxygen atoms in total. The Kier molecular flexibility index (Phi) is 9.69. The first-order chi connectivity index (χ1) is 13.2. The number of aliphatic imine (C=N–C) groups is 1. The standard InChI is InChI=1S/C21H34N4O2/c1-3-27-14-8-13-23-21(22-2)24-16-17-9-7-12-19(15-17)25-20(26)18-10-5-4-6-11-18/h7,9,12,15,18H,3-6,8,10-11,13-14,16H2,1-2H3,(H,25,26)(H2,22,23,24). The molecule has 6 heteroatoms. The van der Waals surface area contributed by atoms with Gasteiger partial charge in [0, 0.05) is 45.0 Å². The lowest BCUT2D eigenvalue weighted by Gasteiger charge is -2.21. The second-order valence-corrected chi connectivity index (χ2v) is 6.93. The topological polar surface area (TPSA) is 74.8 Å². The predicted octanol–water partition coefficient (Wildman–Crippen LogP) is 3.30. The number of anilines is 1. The number of carbonyl (C=O) groups excluding carboxylic acids is 1. The van der Waals surface area contributed by atoms with Crippen molar-refractivity contribution in [3.8, 4) is 0 Å². The summed E-state index contributed by atoms with van der Waals surface area (Å²) in [6, 6.07) is 8.00. The minimum absolute atomic E-state index is 0.159. The number of nitrogens with zero attached hydrogens (tertiary/aromatic N) is 1. The summed E-state index contributed by atoms with van der Waals surface area (Å²) in [6.07, 6.45) is 6.55. The number of rotatable bonds is 9. The molecule has 1 saturated carbocycles. The second kappa shape index (κ2) is 12.3. The SMILES string of the molecule is CCOCCCNC(=NC)NCc1cccc(NC(=O)C2CCCCC2)c1. The maximum atomic E-state index is 12.4. The molecule has 1 aromatic rings. The smallest absolute Gasteiger partial charge is 0.227 e. The van der Waals surface area contributed by atoms with Gasteiger partial charge in [-0.15, -0.1) is 0 Å². The van der Waals surface area contributed by atoms with E-state index in [-0.39, 0.29) is 11.8 Å². The van der Waals surface area contributed by atoms with Crippen LogP contribution in [0, 0.1) is 5.92 Å². The summed E-state index contributed by atoms with van der Waals surface area (Å²) in [5, 5.41) is 9.66. The minimum Gasteiger partial charge on any atom is -0.382 e. The van der Waals surface area contributed by atoms with Crippen molar-refractivity contribution >= 4 is 17.6 Å². The molecule has 1 aromatic carbocycles. The van der Waals surface area contributed by atoms with E-state index < -0.39 is 0 Å². The second-order valence-electron chi connectivity index (χ2n) is 6.93. The lowest BCUT2D eigenvalue weighted by Crippen LogP contribution is -2.37. The Morgan fingerprint density at radius 1 is 1.22 bits per heavy atom. The van der Waals surface area contributed by atoms with Gasteiger partial charge in [-0.25, -0.2) is 0 Å². The molecule has 1 amide bonds. The molecule has 3 N–H and O–H groups in total. The highest BCUT2D eigenvalue weighted by molar-refractivity contribution is 5.92. The number of nitrogens with one attached hydrogen (secondary N) is 3. The van der Waals surface area contributed by atoms with Gasteiger partial charge in [-0.1, -0.05) is 31.4 Å². The van der Waals surface area contributed by atoms with Gasteiger partial charge in [-0.2, -0.15) is 0 Å². The van der Waals surface area contributed by atoms with Crippen molar-refractivity contribution in [2.45, 2.75) is 52.0 Å². The average molecular weight is 375 g/mol. The molecular formula is C21H34N4O2. The summed E-state index contributed by atoms with van der Waals surface area (Å²) >= 11 is 0. The van der Waals surface area contributed by atoms with E-state index >= 15 is 0 Å². The summed E-state index contributed by atoms with van der Waals surface area (Å²) in [5.74, 6) is 1.09. The highest BCUT2D eigenvalue weighted by Crippen LogP contribution is 2.25. The monoisotopic (exact) mass is 374 g/mol. The number of benzene rings is 1.